The summed E-state index contributed by atoms with van der Waals surface area (Å²) >= 11 is 0. The van der Waals surface area contributed by atoms with Gasteiger partial charge in [-0.15, -0.1) is 0 Å². The first-order valence-electron chi connectivity index (χ1n) is 3.63. The zero-order chi connectivity index (χ0) is 14.9. The lowest BCUT2D eigenvalue weighted by Gasteiger charge is -2.21. The molecule has 0 aliphatic carbocycles. The van der Waals surface area contributed by atoms with Crippen molar-refractivity contribution < 1.29 is 49.4 Å². The monoisotopic (exact) mass is 288 g/mol. The molecule has 0 rings (SSSR count). The van der Waals surface area contributed by atoms with Crippen LogP contribution < -0.4 is 0 Å². The fourth-order valence-corrected chi connectivity index (χ4v) is 0.589. The number of halogens is 9. The van der Waals surface area contributed by atoms with Crippen LogP contribution in [0.1, 0.15) is 0 Å². The average Bonchev–Trinajstić information content (AvgIpc) is 2.25. The highest BCUT2D eigenvalue weighted by molar-refractivity contribution is 5.77. The molecule has 2 nitrogen and oxygen atoms in total. The Morgan fingerprint density at radius 3 is 1.44 bits per heavy atom. The van der Waals surface area contributed by atoms with E-state index in [9.17, 15) is 44.3 Å². The lowest BCUT2D eigenvalue weighted by atomic mass is 10.1. The molecule has 0 spiro atoms. The Morgan fingerprint density at radius 1 is 0.778 bits per heavy atom. The first-order chi connectivity index (χ1) is 7.87. The number of carboxylic acid groups (broad SMARTS) is 1. The molecule has 0 unspecified atom stereocenters. The third-order valence-corrected chi connectivity index (χ3v) is 1.49. The maximum atomic E-state index is 12.5. The van der Waals surface area contributed by atoms with Crippen molar-refractivity contribution >= 4 is 5.97 Å². The minimum atomic E-state index is -6.34. The number of hydrogen-bond acceptors (Lipinski definition) is 1. The van der Waals surface area contributed by atoms with Gasteiger partial charge < -0.3 is 5.11 Å². The summed E-state index contributed by atoms with van der Waals surface area (Å²) in [6.07, 6.45) is -3.59. The van der Waals surface area contributed by atoms with Crippen LogP contribution in [0.15, 0.2) is 23.6 Å². The van der Waals surface area contributed by atoms with Gasteiger partial charge in [0.1, 0.15) is 0 Å². The number of aliphatic carboxylic acids is 1. The van der Waals surface area contributed by atoms with Gasteiger partial charge in [0.25, 0.3) is 0 Å². The van der Waals surface area contributed by atoms with Crippen LogP contribution in [-0.4, -0.2) is 22.9 Å². The molecule has 11 heteroatoms. The van der Waals surface area contributed by atoms with Gasteiger partial charge in [0.15, 0.2) is 0 Å². The van der Waals surface area contributed by atoms with E-state index in [0.717, 1.165) is 0 Å². The number of allylic oxidation sites excluding steroid dienone is 3. The van der Waals surface area contributed by atoms with E-state index in [1.165, 1.54) is 0 Å². The summed E-state index contributed by atoms with van der Waals surface area (Å²) in [6.45, 7) is 0. The van der Waals surface area contributed by atoms with Crippen molar-refractivity contribution in [2.75, 3.05) is 0 Å². The number of alkyl halides is 4. The first kappa shape index (κ1) is 16.3. The van der Waals surface area contributed by atoms with Crippen LogP contribution >= 0.6 is 0 Å². The summed E-state index contributed by atoms with van der Waals surface area (Å²) < 4.78 is 109. The Balaban J connectivity index is 5.86. The van der Waals surface area contributed by atoms with Gasteiger partial charge in [0, 0.05) is 0 Å². The average molecular weight is 288 g/mol. The molecule has 0 fully saturated rings. The third kappa shape index (κ3) is 2.59. The van der Waals surface area contributed by atoms with E-state index >= 15 is 0 Å². The molecule has 0 radical (unpaired) electrons. The van der Waals surface area contributed by atoms with Crippen molar-refractivity contribution in [1.82, 2.24) is 0 Å². The fourth-order valence-electron chi connectivity index (χ4n) is 0.589. The molecule has 0 aromatic carbocycles. The van der Waals surface area contributed by atoms with Crippen molar-refractivity contribution in [2.24, 2.45) is 0 Å². The Morgan fingerprint density at radius 2 is 1.17 bits per heavy atom. The molecule has 0 saturated carbocycles. The molecule has 0 heterocycles. The highest BCUT2D eigenvalue weighted by Gasteiger charge is 2.66. The summed E-state index contributed by atoms with van der Waals surface area (Å²) in [7, 11) is 0. The number of carboxylic acids is 1. The van der Waals surface area contributed by atoms with Gasteiger partial charge in [0.2, 0.25) is 17.5 Å². The summed E-state index contributed by atoms with van der Waals surface area (Å²) in [6, 6.07) is 0. The number of carbonyl (C=O) groups is 1. The van der Waals surface area contributed by atoms with E-state index < -0.39 is 41.4 Å². The second-order valence-electron chi connectivity index (χ2n) is 2.66. The first-order valence-corrected chi connectivity index (χ1v) is 3.63. The van der Waals surface area contributed by atoms with Gasteiger partial charge in [-0.25, -0.2) is 13.6 Å². The van der Waals surface area contributed by atoms with Crippen molar-refractivity contribution in [3.05, 3.63) is 23.6 Å². The highest BCUT2D eigenvalue weighted by atomic mass is 19.3. The number of hydrogen-bond donors (Lipinski definition) is 1. The molecule has 0 bridgehead atoms. The zero-order valence-corrected chi connectivity index (χ0v) is 7.76. The van der Waals surface area contributed by atoms with E-state index in [0.29, 0.717) is 0 Å². The largest absolute Gasteiger partial charge is 0.477 e. The third-order valence-electron chi connectivity index (χ3n) is 1.49. The van der Waals surface area contributed by atoms with Crippen LogP contribution in [0.25, 0.3) is 0 Å². The molecule has 0 aliphatic heterocycles. The Labute approximate surface area is 92.0 Å². The lowest BCUT2D eigenvalue weighted by molar-refractivity contribution is -0.216. The number of rotatable bonds is 4. The highest BCUT2D eigenvalue weighted by Crippen LogP contribution is 2.43. The van der Waals surface area contributed by atoms with Gasteiger partial charge in [-0.05, 0) is 0 Å². The predicted octanol–water partition coefficient (Wildman–Crippen LogP) is 3.57. The van der Waals surface area contributed by atoms with Crippen LogP contribution in [-0.2, 0) is 4.79 Å². The zero-order valence-electron chi connectivity index (χ0n) is 7.76. The van der Waals surface area contributed by atoms with E-state index in [4.69, 9.17) is 5.11 Å². The molecule has 0 aromatic heterocycles. The smallest absolute Gasteiger partial charge is 0.411 e. The molecule has 1 N–H and O–H groups in total. The van der Waals surface area contributed by atoms with Gasteiger partial charge in [-0.2, -0.15) is 30.7 Å². The van der Waals surface area contributed by atoms with E-state index in [1.807, 2.05) is 0 Å². The Bertz CT molecular complexity index is 419. The van der Waals surface area contributed by atoms with Gasteiger partial charge in [-0.1, -0.05) is 0 Å². The molecule has 0 saturated heterocycles. The van der Waals surface area contributed by atoms with E-state index in [2.05, 4.69) is 0 Å². The molecule has 0 aromatic rings. The van der Waals surface area contributed by atoms with E-state index in [1.54, 1.807) is 0 Å². The van der Waals surface area contributed by atoms with Crippen molar-refractivity contribution in [2.45, 2.75) is 11.8 Å². The normalized spacial score (nSPS) is 14.1. The van der Waals surface area contributed by atoms with E-state index in [-0.39, 0.29) is 0 Å². The minimum Gasteiger partial charge on any atom is -0.477 e. The predicted molar refractivity (Wildman–Crippen MR) is 37.1 cm³/mol. The van der Waals surface area contributed by atoms with Crippen LogP contribution in [0.5, 0.6) is 0 Å². The van der Waals surface area contributed by atoms with Gasteiger partial charge >= 0.3 is 23.9 Å². The molecule has 0 amide bonds. The summed E-state index contributed by atoms with van der Waals surface area (Å²) in [5.41, 5.74) is 0. The molecule has 18 heavy (non-hydrogen) atoms. The Hall–Kier alpha value is -1.68. The van der Waals surface area contributed by atoms with Crippen LogP contribution in [0.3, 0.4) is 0 Å². The Kier molecular flexibility index (Phi) is 4.44. The minimum absolute atomic E-state index is 3.44. The summed E-state index contributed by atoms with van der Waals surface area (Å²) in [5.74, 6) is -27.0. The second-order valence-corrected chi connectivity index (χ2v) is 2.66. The molecule has 0 atom stereocenters. The maximum Gasteiger partial charge on any atom is 0.411 e. The summed E-state index contributed by atoms with van der Waals surface area (Å²) in [5, 5.41) is 7.66. The van der Waals surface area contributed by atoms with Crippen LogP contribution in [0.4, 0.5) is 39.5 Å². The lowest BCUT2D eigenvalue weighted by Crippen LogP contribution is -2.47. The van der Waals surface area contributed by atoms with Crippen molar-refractivity contribution in [3.63, 3.8) is 0 Å². The van der Waals surface area contributed by atoms with Crippen molar-refractivity contribution in [1.29, 1.82) is 0 Å². The topological polar surface area (TPSA) is 37.3 Å². The molecule has 104 valence electrons. The van der Waals surface area contributed by atoms with Gasteiger partial charge in [-0.3, -0.25) is 0 Å². The molecular weight excluding hydrogens is 287 g/mol. The quantitative estimate of drug-likeness (QED) is 0.634. The fraction of sp³-hybridized carbons (Fsp3) is 0.286. The van der Waals surface area contributed by atoms with Crippen molar-refractivity contribution in [3.8, 4) is 0 Å². The summed E-state index contributed by atoms with van der Waals surface area (Å²) in [4.78, 5) is 9.70. The SMILES string of the molecule is O=C(O)C(F)(F)C(F)(F)/C(F)=C(\F)C(F)=C(F)F. The standard InChI is InChI=1S/C7HF9O2/c8-1(2(9)4(11)12)3(10)6(13,14)7(15,16)5(17)18/h(H,17,18)/b3-1+. The van der Waals surface area contributed by atoms with Gasteiger partial charge in [0.05, 0.1) is 0 Å². The van der Waals surface area contributed by atoms with Crippen LogP contribution in [0.2, 0.25) is 0 Å². The maximum absolute atomic E-state index is 12.5. The molecule has 0 aliphatic rings. The van der Waals surface area contributed by atoms with Crippen LogP contribution in [0, 0.1) is 0 Å². The molecular formula is C7HF9O2. The second kappa shape index (κ2) is 4.90.